The van der Waals surface area contributed by atoms with Crippen LogP contribution in [0.4, 0.5) is 4.79 Å². The Morgan fingerprint density at radius 1 is 1.19 bits per heavy atom. The summed E-state index contributed by atoms with van der Waals surface area (Å²) in [5, 5.41) is 2.75. The minimum absolute atomic E-state index is 0.239. The molecule has 0 saturated carbocycles. The van der Waals surface area contributed by atoms with Crippen LogP contribution in [0, 0.1) is 13.8 Å². The Balaban J connectivity index is 2.41. The van der Waals surface area contributed by atoms with E-state index in [9.17, 15) is 9.59 Å². The molecular formula is C21H26N2O4. The zero-order chi connectivity index (χ0) is 20.2. The number of hydrogen-bond acceptors (Lipinski definition) is 5. The molecule has 6 nitrogen and oxygen atoms in total. The van der Waals surface area contributed by atoms with Crippen LogP contribution < -0.4 is 5.32 Å². The standard InChI is InChI=1S/C21H26N2O4/c1-13-11-22-8-7-17(13)15-9-16(12-23-20(25)27-21(3,4)5)14(2)18(10-15)19(24)26-6/h7-11H,12H2,1-6H3,(H,23,25). The number of esters is 1. The molecule has 6 heteroatoms. The van der Waals surface area contributed by atoms with Crippen molar-refractivity contribution >= 4 is 12.1 Å². The molecule has 27 heavy (non-hydrogen) atoms. The summed E-state index contributed by atoms with van der Waals surface area (Å²) in [6.45, 7) is 9.45. The van der Waals surface area contributed by atoms with Gasteiger partial charge in [-0.2, -0.15) is 0 Å². The van der Waals surface area contributed by atoms with Crippen LogP contribution in [0.5, 0.6) is 0 Å². The van der Waals surface area contributed by atoms with Gasteiger partial charge in [0.2, 0.25) is 0 Å². The number of amides is 1. The highest BCUT2D eigenvalue weighted by Gasteiger charge is 2.19. The summed E-state index contributed by atoms with van der Waals surface area (Å²) >= 11 is 0. The fourth-order valence-electron chi connectivity index (χ4n) is 2.71. The molecule has 0 fully saturated rings. The molecule has 0 atom stereocenters. The molecule has 0 unspecified atom stereocenters. The number of benzene rings is 1. The van der Waals surface area contributed by atoms with Gasteiger partial charge in [0.25, 0.3) is 0 Å². The van der Waals surface area contributed by atoms with E-state index in [2.05, 4.69) is 10.3 Å². The number of hydrogen-bond donors (Lipinski definition) is 1. The second-order valence-corrected chi connectivity index (χ2v) is 7.35. The summed E-state index contributed by atoms with van der Waals surface area (Å²) in [5.74, 6) is -0.417. The number of carbonyl (C=O) groups excluding carboxylic acids is 2. The minimum Gasteiger partial charge on any atom is -0.465 e. The molecule has 1 N–H and O–H groups in total. The molecule has 0 spiro atoms. The van der Waals surface area contributed by atoms with Crippen molar-refractivity contribution < 1.29 is 19.1 Å². The van der Waals surface area contributed by atoms with Crippen molar-refractivity contribution in [1.29, 1.82) is 0 Å². The molecular weight excluding hydrogens is 344 g/mol. The maximum absolute atomic E-state index is 12.2. The van der Waals surface area contributed by atoms with E-state index < -0.39 is 17.7 Å². The van der Waals surface area contributed by atoms with E-state index in [0.717, 1.165) is 27.8 Å². The van der Waals surface area contributed by atoms with Crippen LogP contribution in [-0.4, -0.2) is 29.8 Å². The van der Waals surface area contributed by atoms with Gasteiger partial charge in [0.15, 0.2) is 0 Å². The molecule has 0 aliphatic heterocycles. The summed E-state index contributed by atoms with van der Waals surface area (Å²) in [7, 11) is 1.35. The SMILES string of the molecule is COC(=O)c1cc(-c2ccncc2C)cc(CNC(=O)OC(C)(C)C)c1C. The number of methoxy groups -OCH3 is 1. The van der Waals surface area contributed by atoms with Gasteiger partial charge in [-0.15, -0.1) is 0 Å². The predicted molar refractivity (Wildman–Crippen MR) is 104 cm³/mol. The minimum atomic E-state index is -0.577. The lowest BCUT2D eigenvalue weighted by molar-refractivity contribution is 0.0523. The van der Waals surface area contributed by atoms with E-state index in [1.54, 1.807) is 39.2 Å². The maximum atomic E-state index is 12.2. The Morgan fingerprint density at radius 2 is 1.89 bits per heavy atom. The van der Waals surface area contributed by atoms with Gasteiger partial charge in [-0.25, -0.2) is 9.59 Å². The Labute approximate surface area is 159 Å². The zero-order valence-corrected chi connectivity index (χ0v) is 16.7. The highest BCUT2D eigenvalue weighted by Crippen LogP contribution is 2.28. The largest absolute Gasteiger partial charge is 0.465 e. The molecule has 144 valence electrons. The fraction of sp³-hybridized carbons (Fsp3) is 0.381. The van der Waals surface area contributed by atoms with Gasteiger partial charge < -0.3 is 14.8 Å². The van der Waals surface area contributed by atoms with Crippen molar-refractivity contribution in [1.82, 2.24) is 10.3 Å². The third-order valence-electron chi connectivity index (χ3n) is 4.07. The Morgan fingerprint density at radius 3 is 2.48 bits per heavy atom. The van der Waals surface area contributed by atoms with E-state index in [4.69, 9.17) is 9.47 Å². The van der Waals surface area contributed by atoms with Crippen LogP contribution in [0.3, 0.4) is 0 Å². The van der Waals surface area contributed by atoms with E-state index >= 15 is 0 Å². The van der Waals surface area contributed by atoms with Crippen molar-refractivity contribution in [2.75, 3.05) is 7.11 Å². The molecule has 0 bridgehead atoms. The normalized spacial score (nSPS) is 11.0. The van der Waals surface area contributed by atoms with Crippen molar-refractivity contribution in [2.24, 2.45) is 0 Å². The number of rotatable bonds is 4. The maximum Gasteiger partial charge on any atom is 0.407 e. The number of ether oxygens (including phenoxy) is 2. The molecule has 0 radical (unpaired) electrons. The third kappa shape index (κ3) is 5.29. The number of pyridine rings is 1. The molecule has 2 aromatic rings. The molecule has 1 heterocycles. The van der Waals surface area contributed by atoms with E-state index in [1.807, 2.05) is 26.0 Å². The van der Waals surface area contributed by atoms with Gasteiger partial charge in [-0.3, -0.25) is 4.98 Å². The van der Waals surface area contributed by atoms with Crippen molar-refractivity contribution in [3.05, 3.63) is 52.8 Å². The molecule has 2 rings (SSSR count). The van der Waals surface area contributed by atoms with Gasteiger partial charge >= 0.3 is 12.1 Å². The van der Waals surface area contributed by atoms with Crippen LogP contribution in [-0.2, 0) is 16.0 Å². The lowest BCUT2D eigenvalue weighted by Gasteiger charge is -2.20. The van der Waals surface area contributed by atoms with Crippen LogP contribution in [0.25, 0.3) is 11.1 Å². The Bertz CT molecular complexity index is 854. The summed E-state index contributed by atoms with van der Waals surface area (Å²) < 4.78 is 10.2. The quantitative estimate of drug-likeness (QED) is 0.817. The van der Waals surface area contributed by atoms with Gasteiger partial charge in [-0.1, -0.05) is 0 Å². The van der Waals surface area contributed by atoms with Gasteiger partial charge in [0.1, 0.15) is 5.60 Å². The smallest absolute Gasteiger partial charge is 0.407 e. The first-order valence-corrected chi connectivity index (χ1v) is 8.72. The summed E-state index contributed by atoms with van der Waals surface area (Å²) in [6, 6.07) is 5.66. The third-order valence-corrected chi connectivity index (χ3v) is 4.07. The summed E-state index contributed by atoms with van der Waals surface area (Å²) in [4.78, 5) is 28.3. The Kier molecular flexibility index (Phi) is 6.20. The van der Waals surface area contributed by atoms with E-state index in [1.165, 1.54) is 7.11 Å². The zero-order valence-electron chi connectivity index (χ0n) is 16.7. The highest BCUT2D eigenvalue weighted by molar-refractivity contribution is 5.93. The first kappa shape index (κ1) is 20.4. The molecule has 1 aromatic carbocycles. The van der Waals surface area contributed by atoms with Crippen LogP contribution in [0.2, 0.25) is 0 Å². The number of nitrogens with zero attached hydrogens (tertiary/aromatic N) is 1. The monoisotopic (exact) mass is 370 g/mol. The number of carbonyl (C=O) groups is 2. The van der Waals surface area contributed by atoms with E-state index in [0.29, 0.717) is 5.56 Å². The number of aryl methyl sites for hydroxylation is 1. The van der Waals surface area contributed by atoms with E-state index in [-0.39, 0.29) is 6.54 Å². The van der Waals surface area contributed by atoms with Crippen LogP contribution >= 0.6 is 0 Å². The van der Waals surface area contributed by atoms with Gasteiger partial charge in [0.05, 0.1) is 12.7 Å². The highest BCUT2D eigenvalue weighted by atomic mass is 16.6. The van der Waals surface area contributed by atoms with Crippen molar-refractivity contribution in [2.45, 2.75) is 46.8 Å². The molecule has 0 saturated heterocycles. The second kappa shape index (κ2) is 8.20. The molecule has 1 aromatic heterocycles. The molecule has 0 aliphatic rings. The first-order chi connectivity index (χ1) is 12.6. The lowest BCUT2D eigenvalue weighted by Crippen LogP contribution is -2.32. The van der Waals surface area contributed by atoms with Crippen LogP contribution in [0.1, 0.15) is 47.8 Å². The molecule has 1 amide bonds. The first-order valence-electron chi connectivity index (χ1n) is 8.72. The number of alkyl carbamates (subject to hydrolysis) is 1. The lowest BCUT2D eigenvalue weighted by atomic mass is 9.93. The molecule has 0 aliphatic carbocycles. The average molecular weight is 370 g/mol. The number of nitrogens with one attached hydrogen (secondary N) is 1. The predicted octanol–water partition coefficient (Wildman–Crippen LogP) is 4.18. The van der Waals surface area contributed by atoms with Crippen molar-refractivity contribution in [3.8, 4) is 11.1 Å². The Hall–Kier alpha value is -2.89. The summed E-state index contributed by atoms with van der Waals surface area (Å²) in [6.07, 6.45) is 2.97. The topological polar surface area (TPSA) is 77.5 Å². The van der Waals surface area contributed by atoms with Crippen molar-refractivity contribution in [3.63, 3.8) is 0 Å². The second-order valence-electron chi connectivity index (χ2n) is 7.35. The van der Waals surface area contributed by atoms with Crippen LogP contribution in [0.15, 0.2) is 30.6 Å². The van der Waals surface area contributed by atoms with Gasteiger partial charge in [-0.05, 0) is 80.6 Å². The average Bonchev–Trinajstić information content (AvgIpc) is 2.59. The number of aromatic nitrogens is 1. The summed E-state index contributed by atoms with van der Waals surface area (Å²) in [5.41, 5.74) is 4.28. The van der Waals surface area contributed by atoms with Gasteiger partial charge in [0, 0.05) is 18.9 Å². The fourth-order valence-corrected chi connectivity index (χ4v) is 2.71.